The molecule has 0 aromatic heterocycles. The van der Waals surface area contributed by atoms with Crippen LogP contribution in [-0.2, 0) is 0 Å². The van der Waals surface area contributed by atoms with Crippen LogP contribution in [0.15, 0.2) is 0 Å². The number of aliphatic hydroxyl groups excluding tert-OH is 1. The van der Waals surface area contributed by atoms with Gasteiger partial charge in [0.1, 0.15) is 0 Å². The van der Waals surface area contributed by atoms with Gasteiger partial charge in [0.15, 0.2) is 0 Å². The van der Waals surface area contributed by atoms with Gasteiger partial charge in [0, 0.05) is 16.2 Å². The summed E-state index contributed by atoms with van der Waals surface area (Å²) in [5.74, 6) is 0. The van der Waals surface area contributed by atoms with Gasteiger partial charge in [-0.15, -0.1) is 0 Å². The molecule has 0 amide bonds. The first-order valence-electron chi connectivity index (χ1n) is 3.08. The van der Waals surface area contributed by atoms with Crippen molar-refractivity contribution in [1.29, 1.82) is 0 Å². The molecule has 1 heterocycles. The van der Waals surface area contributed by atoms with E-state index in [2.05, 4.69) is 0 Å². The van der Waals surface area contributed by atoms with Crippen LogP contribution in [0.3, 0.4) is 0 Å². The fourth-order valence-corrected chi connectivity index (χ4v) is 0.941. The molecular formula is C5H11N2O2+. The Morgan fingerprint density at radius 1 is 1.67 bits per heavy atom. The molecule has 4 nitrogen and oxygen atoms in total. The molecule has 0 unspecified atom stereocenters. The van der Waals surface area contributed by atoms with Crippen LogP contribution in [0.5, 0.6) is 0 Å². The summed E-state index contributed by atoms with van der Waals surface area (Å²) in [6.45, 7) is 2.61. The summed E-state index contributed by atoms with van der Waals surface area (Å²) in [5, 5.41) is 8.45. The maximum Gasteiger partial charge on any atom is 0.247 e. The molecule has 1 fully saturated rings. The Morgan fingerprint density at radius 3 is 2.89 bits per heavy atom. The summed E-state index contributed by atoms with van der Waals surface area (Å²) < 4.78 is 0.996. The molecule has 1 N–H and O–H groups in total. The van der Waals surface area contributed by atoms with Gasteiger partial charge in [-0.1, -0.05) is 0 Å². The van der Waals surface area contributed by atoms with Crippen LogP contribution in [0.2, 0.25) is 0 Å². The van der Waals surface area contributed by atoms with Crippen LogP contribution in [0.1, 0.15) is 0 Å². The minimum Gasteiger partial charge on any atom is -0.395 e. The van der Waals surface area contributed by atoms with Crippen molar-refractivity contribution in [1.82, 2.24) is 4.90 Å². The van der Waals surface area contributed by atoms with E-state index in [-0.39, 0.29) is 6.61 Å². The molecule has 0 spiro atoms. The molecule has 52 valence electrons. The number of aliphatic hydroxyl groups is 1. The highest BCUT2D eigenvalue weighted by molar-refractivity contribution is 4.54. The third-order valence-corrected chi connectivity index (χ3v) is 1.44. The lowest BCUT2D eigenvalue weighted by atomic mass is 10.5. The van der Waals surface area contributed by atoms with Crippen LogP contribution in [0.25, 0.3) is 0 Å². The van der Waals surface area contributed by atoms with E-state index < -0.39 is 0 Å². The second kappa shape index (κ2) is 2.89. The van der Waals surface area contributed by atoms with Gasteiger partial charge in [0.25, 0.3) is 0 Å². The third kappa shape index (κ3) is 1.73. The van der Waals surface area contributed by atoms with Gasteiger partial charge in [0.2, 0.25) is 13.2 Å². The molecule has 0 aliphatic carbocycles. The molecule has 0 aromatic carbocycles. The number of hydrogen-bond donors (Lipinski definition) is 1. The average molecular weight is 131 g/mol. The number of rotatable bonds is 2. The fourth-order valence-electron chi connectivity index (χ4n) is 0.941. The van der Waals surface area contributed by atoms with E-state index in [4.69, 9.17) is 5.11 Å². The minimum atomic E-state index is 0.147. The van der Waals surface area contributed by atoms with E-state index in [1.807, 2.05) is 4.90 Å². The van der Waals surface area contributed by atoms with Crippen LogP contribution in [0.4, 0.5) is 0 Å². The Labute approximate surface area is 53.7 Å². The SMILES string of the molecule is O=[N+]1CCN(CCO)C1. The summed E-state index contributed by atoms with van der Waals surface area (Å²) in [7, 11) is 0. The smallest absolute Gasteiger partial charge is 0.247 e. The van der Waals surface area contributed by atoms with Crippen molar-refractivity contribution < 1.29 is 9.87 Å². The van der Waals surface area contributed by atoms with Crippen molar-refractivity contribution in [3.8, 4) is 0 Å². The van der Waals surface area contributed by atoms with Gasteiger partial charge in [-0.25, -0.2) is 4.90 Å². The van der Waals surface area contributed by atoms with E-state index in [0.717, 1.165) is 11.3 Å². The molecule has 0 saturated carbocycles. The largest absolute Gasteiger partial charge is 0.395 e. The first kappa shape index (κ1) is 6.64. The maximum absolute atomic E-state index is 10.5. The summed E-state index contributed by atoms with van der Waals surface area (Å²) in [6.07, 6.45) is 0. The minimum absolute atomic E-state index is 0.147. The highest BCUT2D eigenvalue weighted by atomic mass is 16.3. The quantitative estimate of drug-likeness (QED) is 0.490. The predicted molar refractivity (Wildman–Crippen MR) is 32.0 cm³/mol. The molecule has 0 aromatic rings. The number of hydrogen-bond acceptors (Lipinski definition) is 3. The molecule has 1 aliphatic rings. The van der Waals surface area contributed by atoms with Gasteiger partial charge in [-0.3, -0.25) is 0 Å². The van der Waals surface area contributed by atoms with Gasteiger partial charge in [-0.2, -0.15) is 0 Å². The highest BCUT2D eigenvalue weighted by Gasteiger charge is 2.24. The van der Waals surface area contributed by atoms with Crippen molar-refractivity contribution in [2.24, 2.45) is 0 Å². The Hall–Kier alpha value is -0.480. The van der Waals surface area contributed by atoms with Crippen molar-refractivity contribution >= 4 is 0 Å². The lowest BCUT2D eigenvalue weighted by Gasteiger charge is -2.03. The molecule has 0 radical (unpaired) electrons. The Balaban J connectivity index is 2.22. The molecule has 4 heteroatoms. The predicted octanol–water partition coefficient (Wildman–Crippen LogP) is -0.969. The van der Waals surface area contributed by atoms with E-state index in [1.165, 1.54) is 0 Å². The van der Waals surface area contributed by atoms with Crippen LogP contribution >= 0.6 is 0 Å². The topological polar surface area (TPSA) is 43.5 Å². The Bertz CT molecular complexity index is 116. The molecule has 1 saturated heterocycles. The van der Waals surface area contributed by atoms with Crippen molar-refractivity contribution in [3.63, 3.8) is 0 Å². The zero-order valence-electron chi connectivity index (χ0n) is 5.29. The van der Waals surface area contributed by atoms with E-state index in [9.17, 15) is 4.91 Å². The highest BCUT2D eigenvalue weighted by Crippen LogP contribution is 1.95. The Morgan fingerprint density at radius 2 is 2.44 bits per heavy atom. The van der Waals surface area contributed by atoms with E-state index in [0.29, 0.717) is 19.8 Å². The molecular weight excluding hydrogens is 120 g/mol. The zero-order chi connectivity index (χ0) is 6.69. The maximum atomic E-state index is 10.5. The summed E-state index contributed by atoms with van der Waals surface area (Å²) in [4.78, 5) is 12.4. The number of nitroso groups, excluding NO2 is 1. The zero-order valence-corrected chi connectivity index (χ0v) is 5.29. The monoisotopic (exact) mass is 131 g/mol. The third-order valence-electron chi connectivity index (χ3n) is 1.44. The van der Waals surface area contributed by atoms with Crippen molar-refractivity contribution in [2.45, 2.75) is 0 Å². The van der Waals surface area contributed by atoms with Crippen LogP contribution in [-0.4, -0.2) is 47.7 Å². The van der Waals surface area contributed by atoms with Gasteiger partial charge < -0.3 is 5.11 Å². The van der Waals surface area contributed by atoms with Gasteiger partial charge >= 0.3 is 0 Å². The van der Waals surface area contributed by atoms with Crippen molar-refractivity contribution in [2.75, 3.05) is 32.9 Å². The van der Waals surface area contributed by atoms with E-state index in [1.54, 1.807) is 0 Å². The lowest BCUT2D eigenvalue weighted by molar-refractivity contribution is -0.536. The first-order valence-corrected chi connectivity index (χ1v) is 3.08. The molecule has 0 atom stereocenters. The molecule has 1 aliphatic heterocycles. The van der Waals surface area contributed by atoms with Crippen LogP contribution in [0, 0.1) is 4.91 Å². The van der Waals surface area contributed by atoms with Gasteiger partial charge in [0.05, 0.1) is 13.2 Å². The van der Waals surface area contributed by atoms with Gasteiger partial charge in [-0.05, 0) is 0 Å². The molecule has 9 heavy (non-hydrogen) atoms. The first-order chi connectivity index (χ1) is 4.33. The second-order valence-corrected chi connectivity index (χ2v) is 2.19. The molecule has 0 bridgehead atoms. The standard InChI is InChI=1S/C5H11N2O2/c8-4-3-6-1-2-7(9)5-6/h8H,1-5H2/q+1. The van der Waals surface area contributed by atoms with Crippen LogP contribution < -0.4 is 0 Å². The van der Waals surface area contributed by atoms with Crippen molar-refractivity contribution in [3.05, 3.63) is 4.91 Å². The summed E-state index contributed by atoms with van der Waals surface area (Å²) in [6, 6.07) is 0. The Kier molecular flexibility index (Phi) is 2.13. The normalized spacial score (nSPS) is 21.2. The molecule has 1 rings (SSSR count). The summed E-state index contributed by atoms with van der Waals surface area (Å²) >= 11 is 0. The summed E-state index contributed by atoms with van der Waals surface area (Å²) in [5.41, 5.74) is 0. The number of β-amino-alcohol motifs (C(OH)–C–C–N with tert-alkyl or cyclic N) is 1. The second-order valence-electron chi connectivity index (χ2n) is 2.19. The van der Waals surface area contributed by atoms with E-state index >= 15 is 0 Å². The number of nitrogens with zero attached hydrogens (tertiary/aromatic N) is 2. The fraction of sp³-hybridized carbons (Fsp3) is 1.00. The average Bonchev–Trinajstić information content (AvgIpc) is 2.17. The lowest BCUT2D eigenvalue weighted by Crippen LogP contribution is -2.24.